The molecule has 1 fully saturated rings. The van der Waals surface area contributed by atoms with E-state index in [1.54, 1.807) is 18.3 Å². The third-order valence-electron chi connectivity index (χ3n) is 6.10. The zero-order valence-electron chi connectivity index (χ0n) is 17.8. The molecule has 3 heterocycles. The number of nitriles is 1. The Balaban J connectivity index is 1.48. The van der Waals surface area contributed by atoms with Gasteiger partial charge in [0.05, 0.1) is 17.7 Å². The van der Waals surface area contributed by atoms with Crippen LogP contribution >= 0.6 is 0 Å². The minimum absolute atomic E-state index is 0.0446. The predicted octanol–water partition coefficient (Wildman–Crippen LogP) is 3.98. The lowest BCUT2D eigenvalue weighted by Crippen LogP contribution is -2.36. The number of carbonyl (C=O) groups is 1. The molecule has 0 spiro atoms. The molecule has 3 aromatic rings. The molecule has 1 aliphatic heterocycles. The number of pyridine rings is 2. The van der Waals surface area contributed by atoms with Crippen LogP contribution in [0.15, 0.2) is 24.5 Å². The number of hydrogen-bond donors (Lipinski definition) is 3. The number of carbonyl (C=O) groups excluding carboxylic acids is 1. The number of nitrogens with zero attached hydrogens (tertiary/aromatic N) is 3. The van der Waals surface area contributed by atoms with Gasteiger partial charge in [-0.3, -0.25) is 5.32 Å². The van der Waals surface area contributed by atoms with Crippen molar-refractivity contribution in [3.05, 3.63) is 35.9 Å². The molecule has 33 heavy (non-hydrogen) atoms. The maximum atomic E-state index is 15.3. The number of nitrogens with two attached hydrogens (primary N) is 1. The first-order chi connectivity index (χ1) is 16.0. The van der Waals surface area contributed by atoms with Crippen molar-refractivity contribution in [2.45, 2.75) is 25.9 Å². The summed E-state index contributed by atoms with van der Waals surface area (Å²) < 4.78 is 26.1. The Hall–Kier alpha value is -4.13. The van der Waals surface area contributed by atoms with Crippen molar-refractivity contribution >= 4 is 34.1 Å². The summed E-state index contributed by atoms with van der Waals surface area (Å²) in [7, 11) is 0. The number of benzene rings is 1. The number of nitrogens with one attached hydrogen (secondary N) is 2. The van der Waals surface area contributed by atoms with Gasteiger partial charge in [-0.1, -0.05) is 0 Å². The van der Waals surface area contributed by atoms with Gasteiger partial charge in [0.1, 0.15) is 24.2 Å². The molecular formula is C23H21FN6O3. The molecule has 0 unspecified atom stereocenters. The first-order valence-electron chi connectivity index (χ1n) is 10.6. The van der Waals surface area contributed by atoms with Crippen LogP contribution in [-0.4, -0.2) is 35.3 Å². The van der Waals surface area contributed by atoms with E-state index in [1.165, 1.54) is 6.20 Å². The van der Waals surface area contributed by atoms with E-state index >= 15 is 4.39 Å². The van der Waals surface area contributed by atoms with Gasteiger partial charge in [0.2, 0.25) is 5.88 Å². The Morgan fingerprint density at radius 2 is 2.18 bits per heavy atom. The van der Waals surface area contributed by atoms with Crippen LogP contribution in [0.4, 0.5) is 26.4 Å². The van der Waals surface area contributed by atoms with E-state index in [4.69, 9.17) is 20.5 Å². The van der Waals surface area contributed by atoms with Crippen LogP contribution in [0.3, 0.4) is 0 Å². The van der Waals surface area contributed by atoms with Gasteiger partial charge in [-0.05, 0) is 42.8 Å². The summed E-state index contributed by atoms with van der Waals surface area (Å²) in [6.45, 7) is 3.01. The summed E-state index contributed by atoms with van der Waals surface area (Å²) in [5.74, 6) is -0.138. The number of amides is 1. The summed E-state index contributed by atoms with van der Waals surface area (Å²) in [5.41, 5.74) is 8.44. The van der Waals surface area contributed by atoms with Crippen molar-refractivity contribution < 1.29 is 18.7 Å². The molecule has 1 aromatic carbocycles. The molecule has 1 saturated carbocycles. The van der Waals surface area contributed by atoms with Crippen LogP contribution < -0.4 is 21.1 Å². The molecule has 5 rings (SSSR count). The van der Waals surface area contributed by atoms with Gasteiger partial charge in [-0.25, -0.2) is 19.2 Å². The van der Waals surface area contributed by atoms with E-state index in [1.807, 2.05) is 6.92 Å². The highest BCUT2D eigenvalue weighted by Gasteiger charge is 2.34. The highest BCUT2D eigenvalue weighted by molar-refractivity contribution is 5.99. The summed E-state index contributed by atoms with van der Waals surface area (Å²) in [6, 6.07) is 5.36. The fraction of sp³-hybridized carbons (Fsp3) is 0.304. The van der Waals surface area contributed by atoms with E-state index in [-0.39, 0.29) is 23.0 Å². The van der Waals surface area contributed by atoms with Crippen LogP contribution in [-0.2, 0) is 4.74 Å². The molecule has 4 N–H and O–H groups in total. The van der Waals surface area contributed by atoms with Crippen molar-refractivity contribution in [2.24, 2.45) is 5.92 Å². The van der Waals surface area contributed by atoms with E-state index in [0.717, 1.165) is 17.7 Å². The van der Waals surface area contributed by atoms with Gasteiger partial charge >= 0.3 is 6.09 Å². The number of fused-ring (bicyclic) bond motifs is 2. The normalized spacial score (nSPS) is 18.8. The highest BCUT2D eigenvalue weighted by atomic mass is 19.1. The molecule has 2 aromatic heterocycles. The van der Waals surface area contributed by atoms with Crippen LogP contribution in [0.2, 0.25) is 0 Å². The lowest BCUT2D eigenvalue weighted by atomic mass is 9.83. The fourth-order valence-corrected chi connectivity index (χ4v) is 4.08. The van der Waals surface area contributed by atoms with Gasteiger partial charge in [0.25, 0.3) is 0 Å². The molecule has 1 aliphatic carbocycles. The molecular weight excluding hydrogens is 427 g/mol. The van der Waals surface area contributed by atoms with Crippen molar-refractivity contribution in [3.8, 4) is 23.1 Å². The Morgan fingerprint density at radius 3 is 2.94 bits per heavy atom. The Morgan fingerprint density at radius 1 is 1.33 bits per heavy atom. The third-order valence-corrected chi connectivity index (χ3v) is 6.10. The second-order valence-electron chi connectivity index (χ2n) is 8.08. The summed E-state index contributed by atoms with van der Waals surface area (Å²) in [5, 5.41) is 15.8. The van der Waals surface area contributed by atoms with Crippen LogP contribution in [0.5, 0.6) is 5.88 Å². The largest absolute Gasteiger partial charge is 0.474 e. The monoisotopic (exact) mass is 448 g/mol. The fourth-order valence-electron chi connectivity index (χ4n) is 4.08. The summed E-state index contributed by atoms with van der Waals surface area (Å²) in [4.78, 5) is 20.7. The number of nitrogen functional groups attached to an aromatic ring is 1. The summed E-state index contributed by atoms with van der Waals surface area (Å²) in [6.07, 6.45) is 3.24. The molecule has 168 valence electrons. The van der Waals surface area contributed by atoms with Gasteiger partial charge < -0.3 is 20.5 Å². The topological polar surface area (TPSA) is 135 Å². The van der Waals surface area contributed by atoms with Crippen LogP contribution in [0.25, 0.3) is 21.9 Å². The zero-order chi connectivity index (χ0) is 23.1. The van der Waals surface area contributed by atoms with E-state index in [9.17, 15) is 4.79 Å². The van der Waals surface area contributed by atoms with E-state index < -0.39 is 18.0 Å². The molecule has 1 amide bonds. The number of halogens is 1. The second kappa shape index (κ2) is 8.09. The predicted molar refractivity (Wildman–Crippen MR) is 120 cm³/mol. The van der Waals surface area contributed by atoms with Crippen molar-refractivity contribution in [1.29, 1.82) is 5.26 Å². The highest BCUT2D eigenvalue weighted by Crippen LogP contribution is 2.39. The smallest absolute Gasteiger partial charge is 0.413 e. The number of anilines is 3. The van der Waals surface area contributed by atoms with Crippen LogP contribution in [0, 0.1) is 30.0 Å². The minimum Gasteiger partial charge on any atom is -0.474 e. The quantitative estimate of drug-likeness (QED) is 0.512. The number of ether oxygens (including phenoxy) is 2. The van der Waals surface area contributed by atoms with E-state index in [2.05, 4.69) is 26.7 Å². The molecule has 0 bridgehead atoms. The van der Waals surface area contributed by atoms with Crippen LogP contribution in [0.1, 0.15) is 18.4 Å². The average Bonchev–Trinajstić information content (AvgIpc) is 2.80. The van der Waals surface area contributed by atoms with Gasteiger partial charge in [0, 0.05) is 35.5 Å². The number of aromatic nitrogens is 2. The maximum Gasteiger partial charge on any atom is 0.413 e. The Labute approximate surface area is 188 Å². The molecule has 9 nitrogen and oxygen atoms in total. The van der Waals surface area contributed by atoms with Gasteiger partial charge in [-0.2, -0.15) is 5.26 Å². The summed E-state index contributed by atoms with van der Waals surface area (Å²) >= 11 is 0. The second-order valence-corrected chi connectivity index (χ2v) is 8.08. The Bertz CT molecular complexity index is 1320. The Kier molecular flexibility index (Phi) is 5.09. The van der Waals surface area contributed by atoms with E-state index in [0.29, 0.717) is 41.8 Å². The average molecular weight is 448 g/mol. The first kappa shape index (κ1) is 20.8. The maximum absolute atomic E-state index is 15.3. The molecule has 10 heteroatoms. The molecule has 0 saturated heterocycles. The van der Waals surface area contributed by atoms with Gasteiger partial charge in [-0.15, -0.1) is 0 Å². The third kappa shape index (κ3) is 3.61. The van der Waals surface area contributed by atoms with Crippen molar-refractivity contribution in [2.75, 3.05) is 29.5 Å². The number of hydrogen-bond acceptors (Lipinski definition) is 8. The van der Waals surface area contributed by atoms with Crippen molar-refractivity contribution in [3.63, 3.8) is 0 Å². The molecule has 2 atom stereocenters. The first-order valence-corrected chi connectivity index (χ1v) is 10.6. The van der Waals surface area contributed by atoms with Gasteiger partial charge in [0.15, 0.2) is 5.82 Å². The lowest BCUT2D eigenvalue weighted by Gasteiger charge is -2.30. The standard InChI is InChI=1S/C23H21FN6O3/c1-11-15(9-29-22-21(11)27-4-5-32-22)14-6-13-7-18(28-10-16(13)20(26)19(14)24)30-23(31)33-17-3-2-12(17)8-25/h6-7,9-10,12,17,27H,2-5,26H2,1H3,(H,28,30,31)/t12-,17+/m0/s1. The zero-order valence-corrected chi connectivity index (χ0v) is 17.8. The van der Waals surface area contributed by atoms with Crippen molar-refractivity contribution in [1.82, 2.24) is 9.97 Å². The molecule has 0 radical (unpaired) electrons. The SMILES string of the molecule is Cc1c(-c2cc3cc(NC(=O)O[C@@H]4CC[C@H]4C#N)ncc3c(N)c2F)cnc2c1NCCO2. The molecule has 2 aliphatic rings. The number of rotatable bonds is 3. The lowest BCUT2D eigenvalue weighted by molar-refractivity contribution is 0.0323. The minimum atomic E-state index is -0.692.